The molecule has 0 fully saturated rings. The van der Waals surface area contributed by atoms with E-state index in [-0.39, 0.29) is 12.4 Å². The first-order valence-corrected chi connectivity index (χ1v) is 5.39. The summed E-state index contributed by atoms with van der Waals surface area (Å²) in [5.74, 6) is 0.0920. The van der Waals surface area contributed by atoms with Crippen LogP contribution in [0.5, 0.6) is 0 Å². The smallest absolute Gasteiger partial charge is 0.144 e. The monoisotopic (exact) mass is 200 g/mol. The summed E-state index contributed by atoms with van der Waals surface area (Å²) >= 11 is 0. The Balaban J connectivity index is 2.69. The van der Waals surface area contributed by atoms with Gasteiger partial charge in [-0.1, -0.05) is 24.3 Å². The Morgan fingerprint density at radius 2 is 1.62 bits per heavy atom. The molecule has 0 unspecified atom stereocenters. The normalized spacial score (nSPS) is 10.6. The fraction of sp³-hybridized carbons (Fsp3) is 0.333. The van der Waals surface area contributed by atoms with Crippen molar-refractivity contribution in [3.63, 3.8) is 0 Å². The van der Waals surface area contributed by atoms with Gasteiger partial charge in [-0.15, -0.1) is 0 Å². The Morgan fingerprint density at radius 3 is 2.08 bits per heavy atom. The fourth-order valence-corrected chi connectivity index (χ4v) is 1.60. The maximum Gasteiger partial charge on any atom is 0.144 e. The molecular weight excluding hydrogens is 188 g/mol. The zero-order valence-corrected chi connectivity index (χ0v) is 8.04. The molecule has 4 heteroatoms. The summed E-state index contributed by atoms with van der Waals surface area (Å²) < 4.78 is 20.8. The Kier molecular flexibility index (Phi) is 3.92. The van der Waals surface area contributed by atoms with Crippen LogP contribution in [-0.2, 0) is 22.9 Å². The van der Waals surface area contributed by atoms with Gasteiger partial charge < -0.3 is 5.11 Å². The molecule has 0 atom stereocenters. The van der Waals surface area contributed by atoms with Gasteiger partial charge in [0.2, 0.25) is 0 Å². The van der Waals surface area contributed by atoms with Gasteiger partial charge in [0.15, 0.2) is 0 Å². The number of thiol groups is 1. The molecule has 72 valence electrons. The van der Waals surface area contributed by atoms with Crippen LogP contribution in [0.2, 0.25) is 0 Å². The molecule has 1 rings (SSSR count). The third kappa shape index (κ3) is 3.57. The highest BCUT2D eigenvalue weighted by atomic mass is 32.2. The van der Waals surface area contributed by atoms with Crippen LogP contribution in [0, 0.1) is 0 Å². The van der Waals surface area contributed by atoms with Gasteiger partial charge in [0.25, 0.3) is 0 Å². The first-order chi connectivity index (χ1) is 6.22. The van der Waals surface area contributed by atoms with Crippen molar-refractivity contribution in [3.05, 3.63) is 35.4 Å². The quantitative estimate of drug-likeness (QED) is 0.689. The van der Waals surface area contributed by atoms with Crippen molar-refractivity contribution in [2.24, 2.45) is 0 Å². The SMILES string of the molecule is O=[SH](=O)Cc1ccc(CCO)cc1. The van der Waals surface area contributed by atoms with E-state index in [1.165, 1.54) is 0 Å². The maximum atomic E-state index is 10.4. The van der Waals surface area contributed by atoms with Gasteiger partial charge in [0.1, 0.15) is 10.7 Å². The fourth-order valence-electron chi connectivity index (χ4n) is 1.09. The van der Waals surface area contributed by atoms with E-state index >= 15 is 0 Å². The van der Waals surface area contributed by atoms with Crippen molar-refractivity contribution in [2.45, 2.75) is 12.2 Å². The Hall–Kier alpha value is -0.870. The minimum absolute atomic E-state index is 0.0920. The van der Waals surface area contributed by atoms with Crippen molar-refractivity contribution < 1.29 is 13.5 Å². The van der Waals surface area contributed by atoms with Crippen molar-refractivity contribution >= 4 is 10.7 Å². The first kappa shape index (κ1) is 10.2. The number of aliphatic hydroxyl groups is 1. The van der Waals surface area contributed by atoms with Crippen LogP contribution in [0.4, 0.5) is 0 Å². The molecule has 0 radical (unpaired) electrons. The second kappa shape index (κ2) is 4.99. The van der Waals surface area contributed by atoms with Gasteiger partial charge >= 0.3 is 0 Å². The van der Waals surface area contributed by atoms with E-state index in [2.05, 4.69) is 0 Å². The van der Waals surface area contributed by atoms with Gasteiger partial charge in [-0.3, -0.25) is 0 Å². The van der Waals surface area contributed by atoms with Crippen LogP contribution in [0.25, 0.3) is 0 Å². The molecule has 0 bridgehead atoms. The average molecular weight is 200 g/mol. The van der Waals surface area contributed by atoms with E-state index < -0.39 is 10.7 Å². The minimum atomic E-state index is -2.34. The third-order valence-electron chi connectivity index (χ3n) is 1.74. The molecule has 0 amide bonds. The largest absolute Gasteiger partial charge is 0.396 e. The van der Waals surface area contributed by atoms with Crippen molar-refractivity contribution in [2.75, 3.05) is 6.61 Å². The summed E-state index contributed by atoms with van der Waals surface area (Å²) in [5, 5.41) is 8.64. The van der Waals surface area contributed by atoms with Gasteiger partial charge in [-0.05, 0) is 17.5 Å². The Morgan fingerprint density at radius 1 is 1.08 bits per heavy atom. The Bertz CT molecular complexity index is 319. The van der Waals surface area contributed by atoms with E-state index in [1.54, 1.807) is 12.1 Å². The summed E-state index contributed by atoms with van der Waals surface area (Å²) in [6.07, 6.45) is 0.615. The van der Waals surface area contributed by atoms with Crippen LogP contribution >= 0.6 is 0 Å². The molecule has 1 aromatic rings. The highest BCUT2D eigenvalue weighted by Crippen LogP contribution is 2.05. The average Bonchev–Trinajstić information content (AvgIpc) is 2.08. The van der Waals surface area contributed by atoms with Crippen molar-refractivity contribution in [3.8, 4) is 0 Å². The molecule has 1 aromatic carbocycles. The molecule has 13 heavy (non-hydrogen) atoms. The molecule has 0 heterocycles. The highest BCUT2D eigenvalue weighted by molar-refractivity contribution is 7.71. The molecule has 0 aliphatic rings. The van der Waals surface area contributed by atoms with Gasteiger partial charge in [0, 0.05) is 6.61 Å². The molecule has 0 aliphatic heterocycles. The van der Waals surface area contributed by atoms with Crippen LogP contribution in [0.15, 0.2) is 24.3 Å². The molecule has 0 aliphatic carbocycles. The highest BCUT2D eigenvalue weighted by Gasteiger charge is 1.95. The predicted molar refractivity (Wildman–Crippen MR) is 51.3 cm³/mol. The lowest BCUT2D eigenvalue weighted by Gasteiger charge is -1.99. The second-order valence-electron chi connectivity index (χ2n) is 2.78. The lowest BCUT2D eigenvalue weighted by atomic mass is 10.1. The predicted octanol–water partition coefficient (Wildman–Crippen LogP) is 0.333. The van der Waals surface area contributed by atoms with Crippen LogP contribution in [-0.4, -0.2) is 20.1 Å². The number of hydrogen-bond acceptors (Lipinski definition) is 3. The number of benzene rings is 1. The van der Waals surface area contributed by atoms with Crippen molar-refractivity contribution in [1.29, 1.82) is 0 Å². The summed E-state index contributed by atoms with van der Waals surface area (Å²) in [6.45, 7) is 0.120. The second-order valence-corrected chi connectivity index (χ2v) is 3.76. The van der Waals surface area contributed by atoms with Gasteiger partial charge in [-0.25, -0.2) is 8.42 Å². The van der Waals surface area contributed by atoms with E-state index in [9.17, 15) is 8.42 Å². The molecule has 1 N–H and O–H groups in total. The zero-order valence-electron chi connectivity index (χ0n) is 7.14. The van der Waals surface area contributed by atoms with Crippen LogP contribution < -0.4 is 0 Å². The molecule has 3 nitrogen and oxygen atoms in total. The molecule has 0 saturated carbocycles. The van der Waals surface area contributed by atoms with Gasteiger partial charge in [-0.2, -0.15) is 0 Å². The molecule has 0 saturated heterocycles. The van der Waals surface area contributed by atoms with E-state index in [1.807, 2.05) is 12.1 Å². The van der Waals surface area contributed by atoms with Gasteiger partial charge in [0.05, 0.1) is 5.75 Å². The lowest BCUT2D eigenvalue weighted by molar-refractivity contribution is 0.299. The Labute approximate surface area is 79.0 Å². The van der Waals surface area contributed by atoms with Crippen LogP contribution in [0.3, 0.4) is 0 Å². The first-order valence-electron chi connectivity index (χ1n) is 4.03. The van der Waals surface area contributed by atoms with E-state index in [4.69, 9.17) is 5.11 Å². The van der Waals surface area contributed by atoms with E-state index in [0.717, 1.165) is 11.1 Å². The number of aliphatic hydroxyl groups excluding tert-OH is 1. The zero-order chi connectivity index (χ0) is 9.68. The summed E-state index contributed by atoms with van der Waals surface area (Å²) in [4.78, 5) is 0. The number of hydrogen-bond donors (Lipinski definition) is 2. The summed E-state index contributed by atoms with van der Waals surface area (Å²) in [6, 6.07) is 7.22. The van der Waals surface area contributed by atoms with Crippen LogP contribution in [0.1, 0.15) is 11.1 Å². The topological polar surface area (TPSA) is 54.4 Å². The minimum Gasteiger partial charge on any atom is -0.396 e. The van der Waals surface area contributed by atoms with Crippen molar-refractivity contribution in [1.82, 2.24) is 0 Å². The van der Waals surface area contributed by atoms with E-state index in [0.29, 0.717) is 6.42 Å². The molecule has 0 aromatic heterocycles. The molecule has 0 spiro atoms. The third-order valence-corrected chi connectivity index (χ3v) is 2.36. The maximum absolute atomic E-state index is 10.4. The number of rotatable bonds is 4. The standard InChI is InChI=1S/C9H12O3S/c10-6-5-8-1-3-9(4-2-8)7-13(11)12/h1-4,10,13H,5-7H2. The summed E-state index contributed by atoms with van der Waals surface area (Å²) in [5.41, 5.74) is 1.81. The lowest BCUT2D eigenvalue weighted by Crippen LogP contribution is -1.92. The molecular formula is C9H12O3S. The summed E-state index contributed by atoms with van der Waals surface area (Å²) in [7, 11) is -2.34.